The van der Waals surface area contributed by atoms with E-state index in [1.807, 2.05) is 29.8 Å². The third kappa shape index (κ3) is 3.64. The maximum atomic E-state index is 6.35. The summed E-state index contributed by atoms with van der Waals surface area (Å²) in [6.07, 6.45) is 1.80. The van der Waals surface area contributed by atoms with Crippen molar-refractivity contribution in [1.82, 2.24) is 9.78 Å². The topological polar surface area (TPSA) is 17.8 Å². The minimum absolute atomic E-state index is 0.0240. The van der Waals surface area contributed by atoms with Crippen LogP contribution in [0, 0.1) is 0 Å². The molecule has 1 heterocycles. The third-order valence-electron chi connectivity index (χ3n) is 3.58. The number of aromatic nitrogens is 2. The van der Waals surface area contributed by atoms with Crippen LogP contribution in [0.2, 0.25) is 5.02 Å². The number of alkyl halides is 1. The summed E-state index contributed by atoms with van der Waals surface area (Å²) in [5.74, 6) is 0. The van der Waals surface area contributed by atoms with Gasteiger partial charge in [0.2, 0.25) is 0 Å². The zero-order valence-electron chi connectivity index (χ0n) is 12.5. The minimum Gasteiger partial charge on any atom is -0.265 e. The fourth-order valence-corrected chi connectivity index (χ4v) is 3.59. The van der Waals surface area contributed by atoms with Gasteiger partial charge in [-0.25, -0.2) is 0 Å². The largest absolute Gasteiger partial charge is 0.265 e. The molecular weight excluding hydrogens is 371 g/mol. The predicted octanol–water partition coefficient (Wildman–Crippen LogP) is 5.77. The standard InChI is InChI=1S/C16H19BrCl2N2/c1-4-14-16(10(3)18)15(5-2)21(20-14)9-11-6-7-12(17)8-13(11)19/h6-8,10H,4-5,9H2,1-3H3. The molecule has 2 nitrogen and oxygen atoms in total. The maximum Gasteiger partial charge on any atom is 0.0677 e. The second kappa shape index (κ2) is 7.17. The Morgan fingerprint density at radius 3 is 2.52 bits per heavy atom. The Balaban J connectivity index is 2.44. The first-order valence-corrected chi connectivity index (χ1v) is 8.75. The highest BCUT2D eigenvalue weighted by atomic mass is 79.9. The van der Waals surface area contributed by atoms with E-state index in [-0.39, 0.29) is 5.38 Å². The van der Waals surface area contributed by atoms with Crippen LogP contribution in [0.15, 0.2) is 22.7 Å². The normalized spacial score (nSPS) is 12.7. The summed E-state index contributed by atoms with van der Waals surface area (Å²) in [5.41, 5.74) is 4.53. The lowest BCUT2D eigenvalue weighted by Gasteiger charge is -2.10. The Bertz CT molecular complexity index is 635. The van der Waals surface area contributed by atoms with E-state index in [2.05, 4.69) is 29.8 Å². The molecule has 114 valence electrons. The second-order valence-corrected chi connectivity index (χ2v) is 7.00. The van der Waals surface area contributed by atoms with Crippen molar-refractivity contribution in [1.29, 1.82) is 0 Å². The van der Waals surface area contributed by atoms with Gasteiger partial charge in [-0.1, -0.05) is 47.4 Å². The number of benzene rings is 1. The summed E-state index contributed by atoms with van der Waals surface area (Å²) in [5, 5.41) is 5.47. The lowest BCUT2D eigenvalue weighted by Crippen LogP contribution is -2.07. The van der Waals surface area contributed by atoms with Gasteiger partial charge in [0, 0.05) is 20.8 Å². The van der Waals surface area contributed by atoms with E-state index < -0.39 is 0 Å². The number of aryl methyl sites for hydroxylation is 1. The van der Waals surface area contributed by atoms with Gasteiger partial charge >= 0.3 is 0 Å². The Hall–Kier alpha value is -0.510. The van der Waals surface area contributed by atoms with E-state index in [4.69, 9.17) is 28.3 Å². The van der Waals surface area contributed by atoms with Crippen molar-refractivity contribution in [2.24, 2.45) is 0 Å². The molecule has 21 heavy (non-hydrogen) atoms. The van der Waals surface area contributed by atoms with Crippen LogP contribution in [-0.4, -0.2) is 9.78 Å². The molecule has 0 aliphatic heterocycles. The van der Waals surface area contributed by atoms with Crippen molar-refractivity contribution in [3.05, 3.63) is 50.2 Å². The van der Waals surface area contributed by atoms with Gasteiger partial charge in [0.1, 0.15) is 0 Å². The van der Waals surface area contributed by atoms with Crippen LogP contribution in [0.3, 0.4) is 0 Å². The molecule has 0 aliphatic carbocycles. The smallest absolute Gasteiger partial charge is 0.0677 e. The van der Waals surface area contributed by atoms with Crippen molar-refractivity contribution in [3.63, 3.8) is 0 Å². The maximum absolute atomic E-state index is 6.35. The lowest BCUT2D eigenvalue weighted by molar-refractivity contribution is 0.639. The SMILES string of the molecule is CCc1nn(Cc2ccc(Br)cc2Cl)c(CC)c1C(C)Cl. The fourth-order valence-electron chi connectivity index (χ4n) is 2.60. The molecule has 0 aliphatic rings. The molecule has 0 saturated carbocycles. The number of halogens is 3. The monoisotopic (exact) mass is 388 g/mol. The predicted molar refractivity (Wildman–Crippen MR) is 93.5 cm³/mol. The molecule has 1 unspecified atom stereocenters. The van der Waals surface area contributed by atoms with Crippen molar-refractivity contribution in [2.45, 2.75) is 45.5 Å². The van der Waals surface area contributed by atoms with Gasteiger partial charge in [0.15, 0.2) is 0 Å². The molecule has 5 heteroatoms. The number of hydrogen-bond donors (Lipinski definition) is 0. The molecular formula is C16H19BrCl2N2. The number of hydrogen-bond acceptors (Lipinski definition) is 1. The van der Waals surface area contributed by atoms with Crippen LogP contribution in [0.5, 0.6) is 0 Å². The van der Waals surface area contributed by atoms with Crippen molar-refractivity contribution < 1.29 is 0 Å². The molecule has 2 aromatic rings. The van der Waals surface area contributed by atoms with Crippen LogP contribution in [0.1, 0.15) is 48.7 Å². The molecule has 1 atom stereocenters. The van der Waals surface area contributed by atoms with Gasteiger partial charge in [0.05, 0.1) is 17.6 Å². The van der Waals surface area contributed by atoms with E-state index in [1.54, 1.807) is 0 Å². The Labute approximate surface area is 144 Å². The molecule has 0 saturated heterocycles. The summed E-state index contributed by atoms with van der Waals surface area (Å²) >= 11 is 16.1. The first-order chi connectivity index (χ1) is 9.97. The molecule has 0 N–H and O–H groups in total. The average molecular weight is 390 g/mol. The van der Waals surface area contributed by atoms with Gasteiger partial charge in [-0.3, -0.25) is 4.68 Å². The van der Waals surface area contributed by atoms with Gasteiger partial charge in [-0.2, -0.15) is 5.10 Å². The van der Waals surface area contributed by atoms with E-state index in [0.717, 1.165) is 33.6 Å². The summed E-state index contributed by atoms with van der Waals surface area (Å²) in [4.78, 5) is 0. The van der Waals surface area contributed by atoms with Crippen molar-refractivity contribution >= 4 is 39.1 Å². The molecule has 0 spiro atoms. The number of rotatable bonds is 5. The minimum atomic E-state index is -0.0240. The molecule has 1 aromatic heterocycles. The summed E-state index contributed by atoms with van der Waals surface area (Å²) in [6.45, 7) is 6.93. The van der Waals surface area contributed by atoms with Crippen molar-refractivity contribution in [2.75, 3.05) is 0 Å². The van der Waals surface area contributed by atoms with E-state index in [1.165, 1.54) is 11.3 Å². The van der Waals surface area contributed by atoms with Crippen LogP contribution >= 0.6 is 39.1 Å². The highest BCUT2D eigenvalue weighted by Gasteiger charge is 2.19. The van der Waals surface area contributed by atoms with Gasteiger partial charge < -0.3 is 0 Å². The Morgan fingerprint density at radius 1 is 1.29 bits per heavy atom. The highest BCUT2D eigenvalue weighted by Crippen LogP contribution is 2.29. The fraction of sp³-hybridized carbons (Fsp3) is 0.438. The summed E-state index contributed by atoms with van der Waals surface area (Å²) in [6, 6.07) is 5.95. The lowest BCUT2D eigenvalue weighted by atomic mass is 10.1. The summed E-state index contributed by atoms with van der Waals surface area (Å²) in [7, 11) is 0. The zero-order valence-corrected chi connectivity index (χ0v) is 15.6. The van der Waals surface area contributed by atoms with Crippen molar-refractivity contribution in [3.8, 4) is 0 Å². The first-order valence-electron chi connectivity index (χ1n) is 7.14. The van der Waals surface area contributed by atoms with Crippen LogP contribution < -0.4 is 0 Å². The molecule has 0 bridgehead atoms. The molecule has 2 rings (SSSR count). The zero-order chi connectivity index (χ0) is 15.6. The van der Waals surface area contributed by atoms with E-state index in [9.17, 15) is 0 Å². The molecule has 0 radical (unpaired) electrons. The Morgan fingerprint density at radius 2 is 2.00 bits per heavy atom. The van der Waals surface area contributed by atoms with E-state index in [0.29, 0.717) is 6.54 Å². The molecule has 0 amide bonds. The van der Waals surface area contributed by atoms with Gasteiger partial charge in [-0.15, -0.1) is 11.6 Å². The molecule has 0 fully saturated rings. The highest BCUT2D eigenvalue weighted by molar-refractivity contribution is 9.10. The van der Waals surface area contributed by atoms with Gasteiger partial charge in [-0.05, 0) is 37.5 Å². The average Bonchev–Trinajstić information content (AvgIpc) is 2.79. The molecule has 1 aromatic carbocycles. The second-order valence-electron chi connectivity index (χ2n) is 5.02. The number of nitrogens with zero attached hydrogens (tertiary/aromatic N) is 2. The van der Waals surface area contributed by atoms with Crippen LogP contribution in [-0.2, 0) is 19.4 Å². The van der Waals surface area contributed by atoms with E-state index >= 15 is 0 Å². The first kappa shape index (κ1) is 16.9. The van der Waals surface area contributed by atoms with Crippen LogP contribution in [0.4, 0.5) is 0 Å². The third-order valence-corrected chi connectivity index (χ3v) is 4.64. The Kier molecular flexibility index (Phi) is 5.75. The summed E-state index contributed by atoms with van der Waals surface area (Å²) < 4.78 is 3.03. The van der Waals surface area contributed by atoms with Gasteiger partial charge in [0.25, 0.3) is 0 Å². The quantitative estimate of drug-likeness (QED) is 0.593. The van der Waals surface area contributed by atoms with Crippen LogP contribution in [0.25, 0.3) is 0 Å².